The molecule has 7 nitrogen and oxygen atoms in total. The number of rotatable bonds is 10. The summed E-state index contributed by atoms with van der Waals surface area (Å²) in [6, 6.07) is 18.4. The van der Waals surface area contributed by atoms with Crippen molar-refractivity contribution in [1.29, 1.82) is 0 Å². The molecule has 3 aromatic carbocycles. The highest BCUT2D eigenvalue weighted by atomic mass is 35.5. The van der Waals surface area contributed by atoms with Crippen LogP contribution in [0.2, 0.25) is 10.0 Å². The molecule has 0 fully saturated rings. The Morgan fingerprint density at radius 2 is 1.76 bits per heavy atom. The van der Waals surface area contributed by atoms with Crippen molar-refractivity contribution in [2.75, 3.05) is 24.6 Å². The minimum absolute atomic E-state index is 0.216. The van der Waals surface area contributed by atoms with Gasteiger partial charge in [-0.15, -0.1) is 0 Å². The topological polar surface area (TPSA) is 73.1 Å². The molecule has 0 N–H and O–H groups in total. The molecular weight excluding hydrogens is 629 g/mol. The van der Waals surface area contributed by atoms with Crippen molar-refractivity contribution in [3.05, 3.63) is 124 Å². The van der Waals surface area contributed by atoms with Crippen LogP contribution in [-0.4, -0.2) is 30.2 Å². The predicted octanol–water partition coefficient (Wildman–Crippen LogP) is 6.84. The van der Waals surface area contributed by atoms with Crippen LogP contribution in [0.5, 0.6) is 5.75 Å². The third-order valence-corrected chi connectivity index (χ3v) is 9.29. The molecule has 0 radical (unpaired) electrons. The summed E-state index contributed by atoms with van der Waals surface area (Å²) >= 11 is 13.8. The molecule has 0 amide bonds. The van der Waals surface area contributed by atoms with Gasteiger partial charge in [0.15, 0.2) is 4.80 Å². The van der Waals surface area contributed by atoms with Crippen LogP contribution in [0.1, 0.15) is 56.0 Å². The Morgan fingerprint density at radius 1 is 1.02 bits per heavy atom. The van der Waals surface area contributed by atoms with E-state index in [0.717, 1.165) is 41.0 Å². The summed E-state index contributed by atoms with van der Waals surface area (Å²) in [6.45, 7) is 11.8. The van der Waals surface area contributed by atoms with Gasteiger partial charge in [0.05, 0.1) is 28.5 Å². The van der Waals surface area contributed by atoms with Crippen molar-refractivity contribution in [3.8, 4) is 5.75 Å². The lowest BCUT2D eigenvalue weighted by Crippen LogP contribution is -2.39. The highest BCUT2D eigenvalue weighted by Gasteiger charge is 2.33. The second-order valence-corrected chi connectivity index (χ2v) is 12.5. The summed E-state index contributed by atoms with van der Waals surface area (Å²) in [5.41, 5.74) is 5.03. The van der Waals surface area contributed by atoms with Crippen LogP contribution in [0, 0.1) is 6.92 Å². The van der Waals surface area contributed by atoms with E-state index in [-0.39, 0.29) is 18.8 Å². The van der Waals surface area contributed by atoms with Crippen molar-refractivity contribution in [3.63, 3.8) is 0 Å². The Kier molecular flexibility index (Phi) is 10.2. The van der Waals surface area contributed by atoms with Gasteiger partial charge >= 0.3 is 5.97 Å². The molecule has 0 spiro atoms. The van der Waals surface area contributed by atoms with E-state index >= 15 is 0 Å². The third-order valence-electron chi connectivity index (χ3n) is 7.72. The number of carbonyl (C=O) groups is 1. The minimum Gasteiger partial charge on any atom is -0.488 e. The Balaban J connectivity index is 1.64. The van der Waals surface area contributed by atoms with Crippen LogP contribution in [-0.2, 0) is 16.1 Å². The second-order valence-electron chi connectivity index (χ2n) is 10.6. The van der Waals surface area contributed by atoms with Gasteiger partial charge in [0.25, 0.3) is 5.56 Å². The van der Waals surface area contributed by atoms with E-state index in [4.69, 9.17) is 37.7 Å². The van der Waals surface area contributed by atoms with Crippen molar-refractivity contribution >= 4 is 52.3 Å². The number of benzene rings is 3. The molecule has 1 aliphatic heterocycles. The van der Waals surface area contributed by atoms with Gasteiger partial charge in [0.2, 0.25) is 0 Å². The van der Waals surface area contributed by atoms with Crippen LogP contribution < -0.4 is 24.5 Å². The van der Waals surface area contributed by atoms with E-state index in [2.05, 4.69) is 18.7 Å². The number of thiazole rings is 1. The second kappa shape index (κ2) is 14.1. The summed E-state index contributed by atoms with van der Waals surface area (Å²) in [7, 11) is 0. The number of anilines is 1. The summed E-state index contributed by atoms with van der Waals surface area (Å²) in [5, 5.41) is 1.06. The smallest absolute Gasteiger partial charge is 0.338 e. The third kappa shape index (κ3) is 6.88. The summed E-state index contributed by atoms with van der Waals surface area (Å²) in [4.78, 5) is 34.8. The Hall–Kier alpha value is -3.85. The van der Waals surface area contributed by atoms with E-state index in [1.807, 2.05) is 61.5 Å². The van der Waals surface area contributed by atoms with E-state index in [9.17, 15) is 9.59 Å². The van der Waals surface area contributed by atoms with E-state index < -0.39 is 12.0 Å². The Labute approximate surface area is 276 Å². The molecule has 0 unspecified atom stereocenters. The zero-order valence-electron chi connectivity index (χ0n) is 25.9. The quantitative estimate of drug-likeness (QED) is 0.174. The first-order valence-corrected chi connectivity index (χ1v) is 16.4. The Morgan fingerprint density at radius 3 is 2.42 bits per heavy atom. The number of allylic oxidation sites excluding steroid dienone is 1. The average Bonchev–Trinajstić information content (AvgIpc) is 3.32. The van der Waals surface area contributed by atoms with Crippen molar-refractivity contribution in [2.45, 2.75) is 47.3 Å². The van der Waals surface area contributed by atoms with Crippen LogP contribution in [0.4, 0.5) is 5.69 Å². The first-order valence-electron chi connectivity index (χ1n) is 14.9. The van der Waals surface area contributed by atoms with Gasteiger partial charge in [-0.2, -0.15) is 0 Å². The Bertz CT molecular complexity index is 1940. The average molecular weight is 665 g/mol. The maximum absolute atomic E-state index is 14.2. The number of nitrogens with zero attached hydrogens (tertiary/aromatic N) is 3. The molecule has 5 rings (SSSR count). The predicted molar refractivity (Wildman–Crippen MR) is 182 cm³/mol. The molecule has 2 heterocycles. The summed E-state index contributed by atoms with van der Waals surface area (Å²) in [6.07, 6.45) is 1.82. The fraction of sp³-hybridized carbons (Fsp3) is 0.286. The van der Waals surface area contributed by atoms with Gasteiger partial charge in [-0.1, -0.05) is 70.4 Å². The highest BCUT2D eigenvalue weighted by molar-refractivity contribution is 7.07. The van der Waals surface area contributed by atoms with Gasteiger partial charge in [-0.3, -0.25) is 9.36 Å². The fourth-order valence-electron chi connectivity index (χ4n) is 5.34. The SMILES string of the molecule is CCOC(=O)C1=C(C)N=c2s/c(=C\c3ccc(N(CC)CC)cc3OCc3ccc(Cl)cc3Cl)c(=O)n2[C@H]1c1ccc(C)cc1. The molecule has 0 bridgehead atoms. The summed E-state index contributed by atoms with van der Waals surface area (Å²) in [5.74, 6) is 0.122. The normalized spacial score (nSPS) is 14.6. The fourth-order valence-corrected chi connectivity index (χ4v) is 6.84. The molecule has 1 aromatic heterocycles. The van der Waals surface area contributed by atoms with Crippen LogP contribution in [0.15, 0.2) is 81.7 Å². The lowest BCUT2D eigenvalue weighted by molar-refractivity contribution is -0.139. The molecule has 4 aromatic rings. The summed E-state index contributed by atoms with van der Waals surface area (Å²) < 4.78 is 13.8. The minimum atomic E-state index is -0.671. The molecule has 0 aliphatic carbocycles. The molecule has 1 atom stereocenters. The monoisotopic (exact) mass is 663 g/mol. The number of halogens is 2. The molecule has 234 valence electrons. The van der Waals surface area contributed by atoms with E-state index in [1.54, 1.807) is 30.5 Å². The first kappa shape index (κ1) is 32.5. The first-order chi connectivity index (χ1) is 21.6. The van der Waals surface area contributed by atoms with E-state index in [0.29, 0.717) is 36.4 Å². The van der Waals surface area contributed by atoms with Gasteiger partial charge < -0.3 is 14.4 Å². The maximum Gasteiger partial charge on any atom is 0.338 e. The molecule has 1 aliphatic rings. The molecule has 10 heteroatoms. The lowest BCUT2D eigenvalue weighted by atomic mass is 9.95. The highest BCUT2D eigenvalue weighted by Crippen LogP contribution is 2.32. The van der Waals surface area contributed by atoms with E-state index in [1.165, 1.54) is 11.3 Å². The van der Waals surface area contributed by atoms with Crippen LogP contribution in [0.25, 0.3) is 6.08 Å². The number of carbonyl (C=O) groups excluding carboxylic acids is 1. The number of fused-ring (bicyclic) bond motifs is 1. The van der Waals surface area contributed by atoms with Gasteiger partial charge in [0, 0.05) is 46.0 Å². The number of ether oxygens (including phenoxy) is 2. The largest absolute Gasteiger partial charge is 0.488 e. The zero-order chi connectivity index (χ0) is 32.2. The van der Waals surface area contributed by atoms with Crippen LogP contribution in [0.3, 0.4) is 0 Å². The zero-order valence-corrected chi connectivity index (χ0v) is 28.2. The molecule has 0 saturated heterocycles. The number of aryl methyl sites for hydroxylation is 1. The number of hydrogen-bond acceptors (Lipinski definition) is 7. The van der Waals surface area contributed by atoms with Gasteiger partial charge in [0.1, 0.15) is 12.4 Å². The molecular formula is C35H35Cl2N3O4S. The van der Waals surface area contributed by atoms with Crippen LogP contribution >= 0.6 is 34.5 Å². The molecule has 45 heavy (non-hydrogen) atoms. The number of esters is 1. The van der Waals surface area contributed by atoms with Gasteiger partial charge in [-0.25, -0.2) is 9.79 Å². The lowest BCUT2D eigenvalue weighted by Gasteiger charge is -2.24. The standard InChI is InChI=1S/C35H35Cl2N3O4S/c1-6-39(7-2)27-16-14-24(29(19-27)44-20-25-13-15-26(36)18-28(25)37)17-30-33(41)40-32(23-11-9-21(4)10-12-23)31(34(42)43-8-3)22(5)38-35(40)45-30/h9-19,32H,6-8,20H2,1-5H3/b30-17-/t32-/m0/s1. The van der Waals surface area contributed by atoms with Crippen molar-refractivity contribution in [2.24, 2.45) is 4.99 Å². The maximum atomic E-state index is 14.2. The van der Waals surface area contributed by atoms with Crippen molar-refractivity contribution in [1.82, 2.24) is 4.57 Å². The van der Waals surface area contributed by atoms with Crippen molar-refractivity contribution < 1.29 is 14.3 Å². The molecule has 0 saturated carbocycles. The number of hydrogen-bond donors (Lipinski definition) is 0. The van der Waals surface area contributed by atoms with Gasteiger partial charge in [-0.05, 0) is 70.5 Å². The number of aromatic nitrogens is 1.